The molecule has 0 aliphatic heterocycles. The normalized spacial score (nSPS) is 11.8. The van der Waals surface area contributed by atoms with E-state index in [0.29, 0.717) is 11.6 Å². The highest BCUT2D eigenvalue weighted by molar-refractivity contribution is 7.22. The zero-order valence-electron chi connectivity index (χ0n) is 17.6. The van der Waals surface area contributed by atoms with Crippen LogP contribution in [0.15, 0.2) is 83.1 Å². The third kappa shape index (κ3) is 4.73. The number of amidine groups is 1. The van der Waals surface area contributed by atoms with E-state index in [0.717, 1.165) is 31.8 Å². The standard InChI is InChI=1S/C25H21FN4OS/c1-16-3-13-21-22(15-16)32-25(18-7-9-19(26)10-8-18)24(21)31-20-11-4-17(5-12-20)6-14-23(28-2)29-30-27/h3-15H,1-2H3,(H2,27,28,29)/b14-6+. The van der Waals surface area contributed by atoms with E-state index in [-0.39, 0.29) is 5.82 Å². The Bertz CT molecular complexity index is 1310. The lowest BCUT2D eigenvalue weighted by Crippen LogP contribution is -2.14. The van der Waals surface area contributed by atoms with Gasteiger partial charge in [-0.05, 0) is 66.1 Å². The first-order valence-electron chi connectivity index (χ1n) is 9.94. The Labute approximate surface area is 189 Å². The molecule has 0 bridgehead atoms. The Morgan fingerprint density at radius 3 is 2.50 bits per heavy atom. The van der Waals surface area contributed by atoms with E-state index in [1.165, 1.54) is 17.7 Å². The van der Waals surface area contributed by atoms with Gasteiger partial charge >= 0.3 is 0 Å². The first-order chi connectivity index (χ1) is 15.6. The highest BCUT2D eigenvalue weighted by atomic mass is 32.1. The molecule has 0 aliphatic carbocycles. The lowest BCUT2D eigenvalue weighted by molar-refractivity contribution is 0.491. The van der Waals surface area contributed by atoms with E-state index in [1.54, 1.807) is 36.6 Å². The van der Waals surface area contributed by atoms with Gasteiger partial charge in [-0.25, -0.2) is 4.39 Å². The zero-order valence-corrected chi connectivity index (χ0v) is 18.4. The second-order valence-corrected chi connectivity index (χ2v) is 8.16. The van der Waals surface area contributed by atoms with E-state index in [4.69, 9.17) is 10.3 Å². The summed E-state index contributed by atoms with van der Waals surface area (Å²) in [6.07, 6.45) is 3.62. The molecule has 1 aromatic heterocycles. The van der Waals surface area contributed by atoms with Crippen LogP contribution in [0, 0.1) is 18.3 Å². The van der Waals surface area contributed by atoms with Crippen molar-refractivity contribution in [3.8, 4) is 21.9 Å². The fraction of sp³-hybridized carbons (Fsp3) is 0.0800. The summed E-state index contributed by atoms with van der Waals surface area (Å²) in [6, 6.07) is 20.4. The molecule has 5 nitrogen and oxygen atoms in total. The fourth-order valence-corrected chi connectivity index (χ4v) is 4.47. The molecular weight excluding hydrogens is 423 g/mol. The largest absolute Gasteiger partial charge is 0.455 e. The summed E-state index contributed by atoms with van der Waals surface area (Å²) in [5, 5.41) is 10.6. The van der Waals surface area contributed by atoms with Gasteiger partial charge in [-0.1, -0.05) is 41.6 Å². The van der Waals surface area contributed by atoms with Gasteiger partial charge in [0.25, 0.3) is 0 Å². The Morgan fingerprint density at radius 1 is 1.06 bits per heavy atom. The number of halogens is 1. The molecule has 0 unspecified atom stereocenters. The molecule has 1 heterocycles. The molecule has 0 radical (unpaired) electrons. The maximum Gasteiger partial charge on any atom is 0.153 e. The van der Waals surface area contributed by atoms with Gasteiger partial charge in [0.15, 0.2) is 5.75 Å². The maximum absolute atomic E-state index is 13.5. The molecule has 160 valence electrons. The second kappa shape index (κ2) is 9.53. The van der Waals surface area contributed by atoms with Crippen LogP contribution in [0.3, 0.4) is 0 Å². The number of hydrogen-bond acceptors (Lipinski definition) is 4. The van der Waals surface area contributed by atoms with Gasteiger partial charge in [-0.15, -0.1) is 16.4 Å². The average molecular weight is 445 g/mol. The highest BCUT2D eigenvalue weighted by Crippen LogP contribution is 2.46. The number of benzene rings is 3. The van der Waals surface area contributed by atoms with Gasteiger partial charge < -0.3 is 10.1 Å². The summed E-state index contributed by atoms with van der Waals surface area (Å²) in [5.74, 6) is 1.69. The summed E-state index contributed by atoms with van der Waals surface area (Å²) in [4.78, 5) is 0.962. The molecule has 7 heteroatoms. The van der Waals surface area contributed by atoms with Crippen molar-refractivity contribution in [3.63, 3.8) is 0 Å². The maximum atomic E-state index is 13.5. The first kappa shape index (κ1) is 21.4. The number of hydrogen-bond donors (Lipinski definition) is 2. The molecule has 0 aliphatic rings. The van der Waals surface area contributed by atoms with Crippen LogP contribution in [0.25, 0.3) is 26.6 Å². The van der Waals surface area contributed by atoms with Crippen LogP contribution in [0.4, 0.5) is 4.39 Å². The number of thiophene rings is 1. The van der Waals surface area contributed by atoms with Crippen LogP contribution in [-0.2, 0) is 0 Å². The molecule has 0 saturated carbocycles. The molecule has 2 N–H and O–H groups in total. The number of nitrogens with one attached hydrogen (secondary N) is 2. The summed E-state index contributed by atoms with van der Waals surface area (Å²) < 4.78 is 20.9. The summed E-state index contributed by atoms with van der Waals surface area (Å²) >= 11 is 1.63. The molecule has 32 heavy (non-hydrogen) atoms. The molecule has 0 saturated heterocycles. The minimum atomic E-state index is -0.264. The van der Waals surface area contributed by atoms with Gasteiger partial charge in [0, 0.05) is 17.1 Å². The van der Waals surface area contributed by atoms with Crippen molar-refractivity contribution in [1.82, 2.24) is 5.32 Å². The van der Waals surface area contributed by atoms with Gasteiger partial charge in [0.05, 0.1) is 4.88 Å². The number of aryl methyl sites for hydroxylation is 1. The topological polar surface area (TPSA) is 69.8 Å². The molecule has 3 aromatic carbocycles. The van der Waals surface area contributed by atoms with E-state index in [1.807, 2.05) is 30.3 Å². The number of ether oxygens (including phenoxy) is 1. The lowest BCUT2D eigenvalue weighted by Gasteiger charge is -2.09. The molecule has 4 rings (SSSR count). The van der Waals surface area contributed by atoms with Crippen LogP contribution in [-0.4, -0.2) is 12.9 Å². The quantitative estimate of drug-likeness (QED) is 0.141. The Balaban J connectivity index is 1.67. The van der Waals surface area contributed by atoms with Crippen molar-refractivity contribution in [2.45, 2.75) is 6.92 Å². The molecule has 0 atom stereocenters. The van der Waals surface area contributed by atoms with Crippen LogP contribution in [0.5, 0.6) is 11.5 Å². The first-order valence-corrected chi connectivity index (χ1v) is 10.8. The number of likely N-dealkylation sites (N-methyl/N-ethyl adjacent to an activating group) is 1. The van der Waals surface area contributed by atoms with E-state index < -0.39 is 0 Å². The third-order valence-corrected chi connectivity index (χ3v) is 6.04. The molecular formula is C25H21FN4OS. The Kier molecular flexibility index (Phi) is 6.37. The zero-order chi connectivity index (χ0) is 22.5. The average Bonchev–Trinajstić information content (AvgIpc) is 3.15. The smallest absolute Gasteiger partial charge is 0.153 e. The number of nitrogens with zero attached hydrogens (tertiary/aromatic N) is 2. The SMILES string of the molecule is CNC(/C=C/c1ccc(Oc2c(-c3ccc(F)cc3)sc3cc(C)ccc23)cc1)=N\N=N. The van der Waals surface area contributed by atoms with Crippen molar-refractivity contribution < 1.29 is 9.13 Å². The highest BCUT2D eigenvalue weighted by Gasteiger charge is 2.16. The van der Waals surface area contributed by atoms with Crippen LogP contribution in [0.1, 0.15) is 11.1 Å². The lowest BCUT2D eigenvalue weighted by atomic mass is 10.1. The molecule has 0 amide bonds. The van der Waals surface area contributed by atoms with E-state index >= 15 is 0 Å². The van der Waals surface area contributed by atoms with Crippen molar-refractivity contribution in [2.24, 2.45) is 10.3 Å². The summed E-state index contributed by atoms with van der Waals surface area (Å²) in [7, 11) is 1.72. The Hall–Kier alpha value is -3.84. The van der Waals surface area contributed by atoms with E-state index in [9.17, 15) is 4.39 Å². The fourth-order valence-electron chi connectivity index (χ4n) is 3.23. The van der Waals surface area contributed by atoms with Crippen molar-refractivity contribution >= 4 is 33.3 Å². The van der Waals surface area contributed by atoms with Gasteiger partial charge in [0.1, 0.15) is 17.4 Å². The molecule has 4 aromatic rings. The predicted octanol–water partition coefficient (Wildman–Crippen LogP) is 7.39. The van der Waals surface area contributed by atoms with Gasteiger partial charge in [-0.2, -0.15) is 5.53 Å². The van der Waals surface area contributed by atoms with Crippen molar-refractivity contribution in [1.29, 1.82) is 5.53 Å². The van der Waals surface area contributed by atoms with Crippen molar-refractivity contribution in [3.05, 3.63) is 89.8 Å². The Morgan fingerprint density at radius 2 is 1.81 bits per heavy atom. The van der Waals surface area contributed by atoms with Crippen LogP contribution < -0.4 is 10.1 Å². The molecule has 0 spiro atoms. The van der Waals surface area contributed by atoms with E-state index in [2.05, 4.69) is 40.8 Å². The predicted molar refractivity (Wildman–Crippen MR) is 129 cm³/mol. The number of fused-ring (bicyclic) bond motifs is 1. The van der Waals surface area contributed by atoms with Gasteiger partial charge in [0.2, 0.25) is 0 Å². The van der Waals surface area contributed by atoms with Crippen molar-refractivity contribution in [2.75, 3.05) is 7.05 Å². The second-order valence-electron chi connectivity index (χ2n) is 7.11. The minimum absolute atomic E-state index is 0.264. The third-order valence-electron chi connectivity index (χ3n) is 4.85. The van der Waals surface area contributed by atoms with Crippen LogP contribution >= 0.6 is 11.3 Å². The van der Waals surface area contributed by atoms with Gasteiger partial charge in [-0.3, -0.25) is 0 Å². The summed E-state index contributed by atoms with van der Waals surface area (Å²) in [6.45, 7) is 2.06. The van der Waals surface area contributed by atoms with Crippen LogP contribution in [0.2, 0.25) is 0 Å². The monoisotopic (exact) mass is 444 g/mol. The summed E-state index contributed by atoms with van der Waals surface area (Å²) in [5.41, 5.74) is 9.87. The minimum Gasteiger partial charge on any atom is -0.455 e. The molecule has 0 fully saturated rings. The number of rotatable bonds is 6.